The van der Waals surface area contributed by atoms with E-state index in [1.807, 2.05) is 48.2 Å². The molecule has 0 radical (unpaired) electrons. The number of nitrogens with one attached hydrogen (secondary N) is 1. The zero-order valence-electron chi connectivity index (χ0n) is 21.4. The first-order chi connectivity index (χ1) is 17.4. The smallest absolute Gasteiger partial charge is 0.255 e. The van der Waals surface area contributed by atoms with Crippen LogP contribution in [0.25, 0.3) is 6.08 Å². The van der Waals surface area contributed by atoms with Crippen molar-refractivity contribution in [2.24, 2.45) is 16.5 Å². The number of aliphatic hydroxyl groups is 1. The molecule has 194 valence electrons. The Labute approximate surface area is 214 Å². The summed E-state index contributed by atoms with van der Waals surface area (Å²) in [5.41, 5.74) is 16.3. The van der Waals surface area contributed by atoms with Gasteiger partial charge in [-0.3, -0.25) is 9.69 Å². The number of carbonyl (C=O) groups is 1. The lowest BCUT2D eigenvalue weighted by Gasteiger charge is -2.29. The van der Waals surface area contributed by atoms with E-state index in [-0.39, 0.29) is 5.91 Å². The van der Waals surface area contributed by atoms with Crippen LogP contribution < -0.4 is 16.8 Å². The van der Waals surface area contributed by atoms with Crippen LogP contribution in [0.4, 0.5) is 11.4 Å². The first-order valence-corrected chi connectivity index (χ1v) is 12.7. The van der Waals surface area contributed by atoms with E-state index < -0.39 is 6.23 Å². The Bertz CT molecular complexity index is 1080. The maximum Gasteiger partial charge on any atom is 0.255 e. The first-order valence-electron chi connectivity index (χ1n) is 12.7. The lowest BCUT2D eigenvalue weighted by Crippen LogP contribution is -2.39. The highest BCUT2D eigenvalue weighted by Crippen LogP contribution is 2.30. The molecule has 0 bridgehead atoms. The van der Waals surface area contributed by atoms with Gasteiger partial charge in [0.2, 0.25) is 0 Å². The number of aliphatic imine (C=N–C) groups is 1. The molecular weight excluding hydrogens is 454 g/mol. The van der Waals surface area contributed by atoms with E-state index in [9.17, 15) is 9.90 Å². The minimum atomic E-state index is -0.780. The van der Waals surface area contributed by atoms with E-state index in [0.717, 1.165) is 48.2 Å². The third-order valence-electron chi connectivity index (χ3n) is 5.97. The summed E-state index contributed by atoms with van der Waals surface area (Å²) in [7, 11) is 0. The summed E-state index contributed by atoms with van der Waals surface area (Å²) in [6, 6.07) is 13.0. The van der Waals surface area contributed by atoms with Crippen LogP contribution in [-0.4, -0.2) is 60.8 Å². The quantitative estimate of drug-likeness (QED) is 0.248. The Kier molecular flexibility index (Phi) is 10.6. The van der Waals surface area contributed by atoms with Gasteiger partial charge >= 0.3 is 0 Å². The topological polar surface area (TPSA) is 126 Å². The monoisotopic (exact) mass is 493 g/mol. The van der Waals surface area contributed by atoms with Gasteiger partial charge in [-0.1, -0.05) is 25.1 Å². The van der Waals surface area contributed by atoms with E-state index >= 15 is 0 Å². The molecule has 8 nitrogen and oxygen atoms in total. The molecule has 2 aromatic rings. The van der Waals surface area contributed by atoms with E-state index in [1.54, 1.807) is 12.1 Å². The predicted molar refractivity (Wildman–Crippen MR) is 146 cm³/mol. The van der Waals surface area contributed by atoms with Gasteiger partial charge in [-0.25, -0.2) is 4.99 Å². The molecule has 8 heteroatoms. The summed E-state index contributed by atoms with van der Waals surface area (Å²) >= 11 is 0. The van der Waals surface area contributed by atoms with Crippen LogP contribution in [0.1, 0.15) is 54.1 Å². The molecule has 1 aliphatic rings. The molecule has 0 aliphatic carbocycles. The Balaban J connectivity index is 1.73. The lowest BCUT2D eigenvalue weighted by atomic mass is 10.0. The number of aryl methyl sites for hydroxylation is 1. The molecule has 1 unspecified atom stereocenters. The fourth-order valence-electron chi connectivity index (χ4n) is 4.19. The van der Waals surface area contributed by atoms with Crippen molar-refractivity contribution in [2.45, 2.75) is 45.8 Å². The van der Waals surface area contributed by atoms with Crippen LogP contribution in [0.3, 0.4) is 0 Å². The minimum Gasteiger partial charge on any atom is -0.387 e. The van der Waals surface area contributed by atoms with E-state index in [2.05, 4.69) is 17.2 Å². The second kappa shape index (κ2) is 13.9. The molecule has 2 aromatic carbocycles. The number of ether oxygens (including phenoxy) is 1. The highest BCUT2D eigenvalue weighted by atomic mass is 16.5. The van der Waals surface area contributed by atoms with Crippen LogP contribution in [0, 0.1) is 6.92 Å². The zero-order valence-corrected chi connectivity index (χ0v) is 21.4. The number of hydrogen-bond acceptors (Lipinski definition) is 7. The number of rotatable bonds is 13. The zero-order chi connectivity index (χ0) is 25.9. The van der Waals surface area contributed by atoms with Gasteiger partial charge in [-0.05, 0) is 74.2 Å². The van der Waals surface area contributed by atoms with Crippen molar-refractivity contribution in [1.82, 2.24) is 4.90 Å². The van der Waals surface area contributed by atoms with Gasteiger partial charge in [-0.15, -0.1) is 0 Å². The largest absolute Gasteiger partial charge is 0.387 e. The number of amides is 1. The van der Waals surface area contributed by atoms with Gasteiger partial charge in [-0.2, -0.15) is 0 Å². The number of carbonyl (C=O) groups excluding carboxylic acids is 1. The third-order valence-corrected chi connectivity index (χ3v) is 5.97. The normalized spacial score (nSPS) is 14.0. The molecule has 0 spiro atoms. The van der Waals surface area contributed by atoms with E-state index in [1.165, 1.54) is 0 Å². The summed E-state index contributed by atoms with van der Waals surface area (Å²) in [5, 5.41) is 14.2. The second-order valence-electron chi connectivity index (χ2n) is 9.11. The lowest BCUT2D eigenvalue weighted by molar-refractivity contribution is 0.0237. The number of nitrogens with zero attached hydrogens (tertiary/aromatic N) is 2. The Hall–Kier alpha value is -3.04. The number of hydrogen-bond donors (Lipinski definition) is 4. The maximum atomic E-state index is 12.8. The van der Waals surface area contributed by atoms with Crippen molar-refractivity contribution in [1.29, 1.82) is 0 Å². The molecule has 1 aliphatic heterocycles. The molecule has 0 saturated heterocycles. The van der Waals surface area contributed by atoms with Crippen molar-refractivity contribution in [2.75, 3.05) is 38.2 Å². The van der Waals surface area contributed by atoms with Crippen LogP contribution >= 0.6 is 0 Å². The number of benzene rings is 2. The highest BCUT2D eigenvalue weighted by Gasteiger charge is 2.22. The first kappa shape index (κ1) is 27.5. The average molecular weight is 494 g/mol. The van der Waals surface area contributed by atoms with Crippen molar-refractivity contribution in [3.8, 4) is 0 Å². The Morgan fingerprint density at radius 3 is 2.75 bits per heavy atom. The molecule has 1 atom stereocenters. The van der Waals surface area contributed by atoms with Crippen LogP contribution in [0.15, 0.2) is 53.0 Å². The maximum absolute atomic E-state index is 12.8. The highest BCUT2D eigenvalue weighted by molar-refractivity contribution is 6.05. The van der Waals surface area contributed by atoms with E-state index in [0.29, 0.717) is 49.8 Å². The summed E-state index contributed by atoms with van der Waals surface area (Å²) in [4.78, 5) is 19.4. The van der Waals surface area contributed by atoms with Crippen molar-refractivity contribution < 1.29 is 14.6 Å². The summed E-state index contributed by atoms with van der Waals surface area (Å²) in [5.74, 6) is 0.185. The number of anilines is 1. The van der Waals surface area contributed by atoms with Gasteiger partial charge in [0.05, 0.1) is 5.69 Å². The molecular formula is C28H39N5O3. The average Bonchev–Trinajstić information content (AvgIpc) is 3.02. The number of fused-ring (bicyclic) bond motifs is 1. The van der Waals surface area contributed by atoms with Crippen LogP contribution in [0.5, 0.6) is 0 Å². The van der Waals surface area contributed by atoms with Gasteiger partial charge in [0, 0.05) is 49.5 Å². The predicted octanol–water partition coefficient (Wildman–Crippen LogP) is 3.81. The van der Waals surface area contributed by atoms with Gasteiger partial charge in [0.15, 0.2) is 0 Å². The number of aliphatic hydroxyl groups excluding tert-OH is 1. The molecule has 1 amide bonds. The molecule has 0 saturated carbocycles. The van der Waals surface area contributed by atoms with E-state index in [4.69, 9.17) is 16.2 Å². The van der Waals surface area contributed by atoms with Gasteiger partial charge < -0.3 is 26.6 Å². The Morgan fingerprint density at radius 2 is 2.00 bits per heavy atom. The molecule has 6 N–H and O–H groups in total. The van der Waals surface area contributed by atoms with Crippen molar-refractivity contribution in [3.05, 3.63) is 64.7 Å². The van der Waals surface area contributed by atoms with Crippen molar-refractivity contribution >= 4 is 29.2 Å². The standard InChI is InChI=1S/C28H39N5O3/c1-3-12-33(13-6-15-36-14-5-11-29)28(35)23-17-21-9-10-22(18-25(21)32-26(30)19-23)27(34)31-24-8-4-7-20(2)16-24/h4,7-10,16-18,28,35H,3,5-6,11-15,19,29H2,1-2H3,(H2,30,32)(H,31,34). The number of nitrogens with two attached hydrogens (primary N) is 2. The SMILES string of the molecule is CCCN(CCCOCCCN)C(O)C1=Cc2ccc(C(=O)Nc3cccc(C)c3)cc2N=C(N)C1. The number of amidine groups is 1. The minimum absolute atomic E-state index is 0.214. The van der Waals surface area contributed by atoms with Crippen LogP contribution in [-0.2, 0) is 4.74 Å². The fourth-order valence-corrected chi connectivity index (χ4v) is 4.19. The van der Waals surface area contributed by atoms with Gasteiger partial charge in [0.25, 0.3) is 5.91 Å². The molecule has 3 rings (SSSR count). The second-order valence-corrected chi connectivity index (χ2v) is 9.11. The van der Waals surface area contributed by atoms with Gasteiger partial charge in [0.1, 0.15) is 12.1 Å². The summed E-state index contributed by atoms with van der Waals surface area (Å²) < 4.78 is 5.61. The Morgan fingerprint density at radius 1 is 1.19 bits per heavy atom. The molecule has 0 fully saturated rings. The summed E-state index contributed by atoms with van der Waals surface area (Å²) in [6.45, 7) is 7.44. The fraction of sp³-hybridized carbons (Fsp3) is 0.429. The third kappa shape index (κ3) is 7.99. The van der Waals surface area contributed by atoms with Crippen LogP contribution in [0.2, 0.25) is 0 Å². The summed E-state index contributed by atoms with van der Waals surface area (Å²) in [6.07, 6.45) is 4.09. The van der Waals surface area contributed by atoms with Crippen molar-refractivity contribution in [3.63, 3.8) is 0 Å². The molecule has 0 aromatic heterocycles. The molecule has 36 heavy (non-hydrogen) atoms. The molecule has 1 heterocycles.